The van der Waals surface area contributed by atoms with E-state index in [4.69, 9.17) is 11.6 Å². The Morgan fingerprint density at radius 3 is 2.85 bits per heavy atom. The Morgan fingerprint density at radius 2 is 2.31 bits per heavy atom. The van der Waals surface area contributed by atoms with Crippen LogP contribution in [0.3, 0.4) is 0 Å². The molecule has 13 heavy (non-hydrogen) atoms. The zero-order valence-electron chi connectivity index (χ0n) is 7.99. The molecule has 3 nitrogen and oxygen atoms in total. The molecule has 0 spiro atoms. The highest BCUT2D eigenvalue weighted by Crippen LogP contribution is 2.16. The first-order chi connectivity index (χ1) is 6.13. The molecule has 1 aliphatic rings. The van der Waals surface area contributed by atoms with Crippen molar-refractivity contribution in [3.05, 3.63) is 0 Å². The van der Waals surface area contributed by atoms with Crippen molar-refractivity contribution in [3.63, 3.8) is 0 Å². The number of hydrogen-bond acceptors (Lipinski definition) is 3. The lowest BCUT2D eigenvalue weighted by Gasteiger charge is -2.35. The zero-order valence-corrected chi connectivity index (χ0v) is 8.74. The van der Waals surface area contributed by atoms with Gasteiger partial charge in [-0.2, -0.15) is 0 Å². The van der Waals surface area contributed by atoms with Gasteiger partial charge in [0, 0.05) is 25.5 Å². The summed E-state index contributed by atoms with van der Waals surface area (Å²) in [6.07, 6.45) is 0.185. The molecule has 3 atom stereocenters. The van der Waals surface area contributed by atoms with Gasteiger partial charge in [0.05, 0.1) is 12.2 Å². The number of halogens is 1. The summed E-state index contributed by atoms with van der Waals surface area (Å²) in [6.45, 7) is 4.37. The molecule has 1 rings (SSSR count). The predicted octanol–water partition coefficient (Wildman–Crippen LogP) is 0.289. The number of aliphatic hydroxyl groups excluding tert-OH is 2. The van der Waals surface area contributed by atoms with Gasteiger partial charge in [0.25, 0.3) is 0 Å². The van der Waals surface area contributed by atoms with E-state index in [1.807, 2.05) is 6.92 Å². The Balaban J connectivity index is 2.29. The fourth-order valence-corrected chi connectivity index (χ4v) is 1.83. The summed E-state index contributed by atoms with van der Waals surface area (Å²) in [5, 5.41) is 18.8. The number of aliphatic hydroxyl groups is 2. The molecule has 0 amide bonds. The second-order valence-corrected chi connectivity index (χ2v) is 4.21. The molecule has 0 aromatic rings. The third-order valence-electron chi connectivity index (χ3n) is 2.59. The number of alkyl halides is 1. The van der Waals surface area contributed by atoms with Crippen LogP contribution in [0.25, 0.3) is 0 Å². The molecular formula is C9H18ClNO2. The van der Waals surface area contributed by atoms with Crippen molar-refractivity contribution in [2.45, 2.75) is 25.6 Å². The summed E-state index contributed by atoms with van der Waals surface area (Å²) in [6, 6.07) is 0. The molecular weight excluding hydrogens is 190 g/mol. The van der Waals surface area contributed by atoms with Gasteiger partial charge in [-0.25, -0.2) is 0 Å². The van der Waals surface area contributed by atoms with Crippen LogP contribution >= 0.6 is 11.6 Å². The summed E-state index contributed by atoms with van der Waals surface area (Å²) in [5.74, 6) is 0.587. The van der Waals surface area contributed by atoms with Gasteiger partial charge in [0.1, 0.15) is 0 Å². The smallest absolute Gasteiger partial charge is 0.0802 e. The normalized spacial score (nSPS) is 33.2. The molecule has 0 saturated carbocycles. The predicted molar refractivity (Wildman–Crippen MR) is 53.0 cm³/mol. The van der Waals surface area contributed by atoms with Gasteiger partial charge in [0.15, 0.2) is 0 Å². The van der Waals surface area contributed by atoms with E-state index in [2.05, 4.69) is 4.90 Å². The van der Waals surface area contributed by atoms with Crippen LogP contribution in [0, 0.1) is 5.92 Å². The lowest BCUT2D eigenvalue weighted by molar-refractivity contribution is 0.0185. The number of nitrogens with zero attached hydrogens (tertiary/aromatic N) is 1. The first-order valence-corrected chi connectivity index (χ1v) is 5.31. The second kappa shape index (κ2) is 5.15. The minimum Gasteiger partial charge on any atom is -0.393 e. The molecule has 1 heterocycles. The van der Waals surface area contributed by atoms with Crippen molar-refractivity contribution in [3.8, 4) is 0 Å². The average molecular weight is 208 g/mol. The SMILES string of the molecule is CC1CN(CC(O)CCl)CCC1O. The van der Waals surface area contributed by atoms with Crippen molar-refractivity contribution >= 4 is 11.6 Å². The topological polar surface area (TPSA) is 43.7 Å². The summed E-state index contributed by atoms with van der Waals surface area (Å²) < 4.78 is 0. The Bertz CT molecular complexity index is 155. The first-order valence-electron chi connectivity index (χ1n) is 4.78. The van der Waals surface area contributed by atoms with Gasteiger partial charge in [-0.3, -0.25) is 0 Å². The Kier molecular flexibility index (Phi) is 4.46. The van der Waals surface area contributed by atoms with E-state index in [0.29, 0.717) is 12.5 Å². The van der Waals surface area contributed by atoms with Crippen LogP contribution in [-0.4, -0.2) is 52.8 Å². The maximum Gasteiger partial charge on any atom is 0.0802 e. The molecule has 0 aromatic carbocycles. The van der Waals surface area contributed by atoms with Gasteiger partial charge >= 0.3 is 0 Å². The Hall–Kier alpha value is 0.170. The van der Waals surface area contributed by atoms with E-state index in [0.717, 1.165) is 19.5 Å². The number of piperidine rings is 1. The number of rotatable bonds is 3. The van der Waals surface area contributed by atoms with Crippen molar-refractivity contribution < 1.29 is 10.2 Å². The molecule has 0 aliphatic carbocycles. The van der Waals surface area contributed by atoms with Crippen LogP contribution in [-0.2, 0) is 0 Å². The van der Waals surface area contributed by atoms with Crippen LogP contribution in [0.5, 0.6) is 0 Å². The van der Waals surface area contributed by atoms with Crippen molar-refractivity contribution in [1.82, 2.24) is 4.90 Å². The van der Waals surface area contributed by atoms with E-state index in [-0.39, 0.29) is 12.0 Å². The van der Waals surface area contributed by atoms with Gasteiger partial charge in [-0.1, -0.05) is 6.92 Å². The molecule has 1 saturated heterocycles. The highest BCUT2D eigenvalue weighted by Gasteiger charge is 2.24. The first kappa shape index (κ1) is 11.2. The molecule has 1 fully saturated rings. The standard InChI is InChI=1S/C9H18ClNO2/c1-7-5-11(3-2-9(7)13)6-8(12)4-10/h7-9,12-13H,2-6H2,1H3. The number of likely N-dealkylation sites (tertiary alicyclic amines) is 1. The number of hydrogen-bond donors (Lipinski definition) is 2. The molecule has 0 bridgehead atoms. The molecule has 0 radical (unpaired) electrons. The average Bonchev–Trinajstić information content (AvgIpc) is 2.11. The fourth-order valence-electron chi connectivity index (χ4n) is 1.73. The lowest BCUT2D eigenvalue weighted by atomic mass is 9.96. The van der Waals surface area contributed by atoms with E-state index in [1.54, 1.807) is 0 Å². The maximum atomic E-state index is 9.47. The van der Waals surface area contributed by atoms with Crippen LogP contribution < -0.4 is 0 Å². The molecule has 78 valence electrons. The van der Waals surface area contributed by atoms with E-state index >= 15 is 0 Å². The maximum absolute atomic E-state index is 9.47. The van der Waals surface area contributed by atoms with Gasteiger partial charge < -0.3 is 15.1 Å². The van der Waals surface area contributed by atoms with Crippen molar-refractivity contribution in [2.75, 3.05) is 25.5 Å². The van der Waals surface area contributed by atoms with Crippen LogP contribution in [0.4, 0.5) is 0 Å². The van der Waals surface area contributed by atoms with Crippen LogP contribution in [0.2, 0.25) is 0 Å². The molecule has 1 aliphatic heterocycles. The molecule has 0 aromatic heterocycles. The van der Waals surface area contributed by atoms with Crippen LogP contribution in [0.1, 0.15) is 13.3 Å². The van der Waals surface area contributed by atoms with Crippen LogP contribution in [0.15, 0.2) is 0 Å². The summed E-state index contributed by atoms with van der Waals surface area (Å²) >= 11 is 5.51. The third kappa shape index (κ3) is 3.43. The van der Waals surface area contributed by atoms with E-state index in [1.165, 1.54) is 0 Å². The summed E-state index contributed by atoms with van der Waals surface area (Å²) in [4.78, 5) is 2.16. The minimum atomic E-state index is -0.441. The van der Waals surface area contributed by atoms with Gasteiger partial charge in [-0.05, 0) is 12.3 Å². The zero-order chi connectivity index (χ0) is 9.84. The third-order valence-corrected chi connectivity index (χ3v) is 2.95. The van der Waals surface area contributed by atoms with Crippen molar-refractivity contribution in [2.24, 2.45) is 5.92 Å². The summed E-state index contributed by atoms with van der Waals surface area (Å²) in [5.41, 5.74) is 0. The van der Waals surface area contributed by atoms with Gasteiger partial charge in [-0.15, -0.1) is 11.6 Å². The molecule has 2 N–H and O–H groups in total. The Labute approximate surface area is 84.3 Å². The monoisotopic (exact) mass is 207 g/mol. The fraction of sp³-hybridized carbons (Fsp3) is 1.00. The van der Waals surface area contributed by atoms with E-state index in [9.17, 15) is 10.2 Å². The Morgan fingerprint density at radius 1 is 1.62 bits per heavy atom. The van der Waals surface area contributed by atoms with Crippen molar-refractivity contribution in [1.29, 1.82) is 0 Å². The summed E-state index contributed by atoms with van der Waals surface area (Å²) in [7, 11) is 0. The second-order valence-electron chi connectivity index (χ2n) is 3.90. The quantitative estimate of drug-likeness (QED) is 0.654. The largest absolute Gasteiger partial charge is 0.393 e. The lowest BCUT2D eigenvalue weighted by Crippen LogP contribution is -2.45. The van der Waals surface area contributed by atoms with Gasteiger partial charge in [0.2, 0.25) is 0 Å². The highest BCUT2D eigenvalue weighted by molar-refractivity contribution is 6.18. The molecule has 3 unspecified atom stereocenters. The number of β-amino-alcohol motifs (C(OH)–C–C–N with tert-alkyl or cyclic N) is 1. The van der Waals surface area contributed by atoms with E-state index < -0.39 is 6.10 Å². The minimum absolute atomic E-state index is 0.176. The highest BCUT2D eigenvalue weighted by atomic mass is 35.5. The molecule has 4 heteroatoms.